The highest BCUT2D eigenvalue weighted by molar-refractivity contribution is 6.77. The lowest BCUT2D eigenvalue weighted by Gasteiger charge is -2.22. The summed E-state index contributed by atoms with van der Waals surface area (Å²) >= 11 is 0. The third-order valence-electron chi connectivity index (χ3n) is 1.72. The van der Waals surface area contributed by atoms with E-state index in [0.29, 0.717) is 6.61 Å². The molecule has 0 aliphatic rings. The lowest BCUT2D eigenvalue weighted by molar-refractivity contribution is -0.137. The Kier molecular flexibility index (Phi) is 6.79. The molecule has 0 radical (unpaired) electrons. The zero-order chi connectivity index (χ0) is 11.9. The Balaban J connectivity index is 3.51. The predicted molar refractivity (Wildman–Crippen MR) is 68.0 cm³/mol. The first-order valence-electron chi connectivity index (χ1n) is 5.32. The van der Waals surface area contributed by atoms with Gasteiger partial charge in [0.2, 0.25) is 0 Å². The van der Waals surface area contributed by atoms with Crippen LogP contribution in [0.4, 0.5) is 0 Å². The van der Waals surface area contributed by atoms with E-state index in [1.807, 2.05) is 0 Å². The Bertz CT molecular complexity index is 211. The maximum atomic E-state index is 10.7. The maximum Gasteiger partial charge on any atom is 0.330 e. The SMILES string of the molecule is C=CC(=O)OCCC[SiH](C)O[Si](C)(C)C. The molecule has 0 fully saturated rings. The second-order valence-electron chi connectivity index (χ2n) is 4.55. The molecule has 0 aromatic heterocycles. The molecular formula is C10H22O3Si2. The molecule has 0 amide bonds. The van der Waals surface area contributed by atoms with Crippen molar-refractivity contribution >= 4 is 23.3 Å². The molecule has 1 unspecified atom stereocenters. The summed E-state index contributed by atoms with van der Waals surface area (Å²) in [5.74, 6) is -0.338. The van der Waals surface area contributed by atoms with Gasteiger partial charge in [0.1, 0.15) is 0 Å². The Labute approximate surface area is 95.3 Å². The fraction of sp³-hybridized carbons (Fsp3) is 0.700. The van der Waals surface area contributed by atoms with Crippen molar-refractivity contribution < 1.29 is 13.6 Å². The van der Waals surface area contributed by atoms with Crippen LogP contribution in [-0.4, -0.2) is 29.9 Å². The van der Waals surface area contributed by atoms with Gasteiger partial charge in [0, 0.05) is 6.08 Å². The van der Waals surface area contributed by atoms with Gasteiger partial charge in [0.25, 0.3) is 0 Å². The number of esters is 1. The fourth-order valence-electron chi connectivity index (χ4n) is 1.26. The fourth-order valence-corrected chi connectivity index (χ4v) is 7.31. The van der Waals surface area contributed by atoms with E-state index in [0.717, 1.165) is 12.5 Å². The number of carbonyl (C=O) groups excluding carboxylic acids is 1. The van der Waals surface area contributed by atoms with Gasteiger partial charge in [-0.05, 0) is 38.7 Å². The van der Waals surface area contributed by atoms with Crippen molar-refractivity contribution in [2.45, 2.75) is 38.7 Å². The molecule has 0 aliphatic carbocycles. The minimum Gasteiger partial charge on any atom is -0.463 e. The Morgan fingerprint density at radius 1 is 1.47 bits per heavy atom. The van der Waals surface area contributed by atoms with E-state index in [4.69, 9.17) is 8.85 Å². The van der Waals surface area contributed by atoms with Crippen LogP contribution in [0.1, 0.15) is 6.42 Å². The van der Waals surface area contributed by atoms with E-state index >= 15 is 0 Å². The van der Waals surface area contributed by atoms with Gasteiger partial charge in [-0.15, -0.1) is 0 Å². The van der Waals surface area contributed by atoms with Crippen LogP contribution in [0.15, 0.2) is 12.7 Å². The van der Waals surface area contributed by atoms with Crippen molar-refractivity contribution in [3.63, 3.8) is 0 Å². The molecule has 0 saturated carbocycles. The van der Waals surface area contributed by atoms with Gasteiger partial charge >= 0.3 is 5.97 Å². The largest absolute Gasteiger partial charge is 0.463 e. The molecule has 0 heterocycles. The normalized spacial score (nSPS) is 13.3. The van der Waals surface area contributed by atoms with Crippen LogP contribution in [0.5, 0.6) is 0 Å². The lowest BCUT2D eigenvalue weighted by atomic mass is 10.5. The molecular weight excluding hydrogens is 224 g/mol. The topological polar surface area (TPSA) is 35.5 Å². The Morgan fingerprint density at radius 3 is 2.53 bits per heavy atom. The molecule has 5 heteroatoms. The van der Waals surface area contributed by atoms with Crippen LogP contribution < -0.4 is 0 Å². The molecule has 0 bridgehead atoms. The minimum atomic E-state index is -1.37. The van der Waals surface area contributed by atoms with Gasteiger partial charge in [-0.1, -0.05) is 6.58 Å². The van der Waals surface area contributed by atoms with Gasteiger partial charge in [-0.2, -0.15) is 0 Å². The van der Waals surface area contributed by atoms with E-state index in [-0.39, 0.29) is 5.97 Å². The van der Waals surface area contributed by atoms with Crippen molar-refractivity contribution in [1.29, 1.82) is 0 Å². The van der Waals surface area contributed by atoms with Crippen LogP contribution in [0.25, 0.3) is 0 Å². The van der Waals surface area contributed by atoms with Gasteiger partial charge in [0.15, 0.2) is 17.4 Å². The number of carbonyl (C=O) groups is 1. The molecule has 0 aromatic carbocycles. The quantitative estimate of drug-likeness (QED) is 0.299. The van der Waals surface area contributed by atoms with E-state index in [2.05, 4.69) is 32.8 Å². The third-order valence-corrected chi connectivity index (χ3v) is 7.38. The summed E-state index contributed by atoms with van der Waals surface area (Å²) in [4.78, 5) is 10.7. The number of hydrogen-bond donors (Lipinski definition) is 0. The summed E-state index contributed by atoms with van der Waals surface area (Å²) in [7, 11) is -2.43. The summed E-state index contributed by atoms with van der Waals surface area (Å²) in [5, 5.41) is 0. The molecule has 1 atom stereocenters. The summed E-state index contributed by atoms with van der Waals surface area (Å²) in [6.45, 7) is 12.6. The van der Waals surface area contributed by atoms with Crippen molar-refractivity contribution in [1.82, 2.24) is 0 Å². The Hall–Kier alpha value is -0.396. The van der Waals surface area contributed by atoms with Crippen LogP contribution in [-0.2, 0) is 13.6 Å². The molecule has 0 saturated heterocycles. The maximum absolute atomic E-state index is 10.7. The number of rotatable bonds is 7. The van der Waals surface area contributed by atoms with Gasteiger partial charge in [-0.3, -0.25) is 0 Å². The predicted octanol–water partition coefficient (Wildman–Crippen LogP) is 2.31. The smallest absolute Gasteiger partial charge is 0.330 e. The molecule has 88 valence electrons. The summed E-state index contributed by atoms with van der Waals surface area (Å²) in [6, 6.07) is 1.06. The van der Waals surface area contributed by atoms with Crippen LogP contribution in [0.2, 0.25) is 32.2 Å². The molecule has 15 heavy (non-hydrogen) atoms. The average Bonchev–Trinajstić information content (AvgIpc) is 2.09. The highest BCUT2D eigenvalue weighted by Crippen LogP contribution is 2.09. The minimum absolute atomic E-state index is 0.338. The average molecular weight is 246 g/mol. The number of hydrogen-bond acceptors (Lipinski definition) is 3. The molecule has 0 spiro atoms. The van der Waals surface area contributed by atoms with E-state index in [1.54, 1.807) is 0 Å². The van der Waals surface area contributed by atoms with Crippen LogP contribution >= 0.6 is 0 Å². The first-order chi connectivity index (χ1) is 6.85. The lowest BCUT2D eigenvalue weighted by Crippen LogP contribution is -2.33. The van der Waals surface area contributed by atoms with E-state index < -0.39 is 17.4 Å². The second kappa shape index (κ2) is 6.97. The highest BCUT2D eigenvalue weighted by Gasteiger charge is 2.18. The zero-order valence-electron chi connectivity index (χ0n) is 10.2. The first kappa shape index (κ1) is 14.6. The van der Waals surface area contributed by atoms with E-state index in [1.165, 1.54) is 6.08 Å². The second-order valence-corrected chi connectivity index (χ2v) is 11.9. The molecule has 0 aliphatic heterocycles. The van der Waals surface area contributed by atoms with Gasteiger partial charge < -0.3 is 8.85 Å². The third kappa shape index (κ3) is 9.90. The van der Waals surface area contributed by atoms with Gasteiger partial charge in [-0.25, -0.2) is 4.79 Å². The van der Waals surface area contributed by atoms with Crippen molar-refractivity contribution in [2.24, 2.45) is 0 Å². The molecule has 0 rings (SSSR count). The van der Waals surface area contributed by atoms with Crippen molar-refractivity contribution in [3.05, 3.63) is 12.7 Å². The first-order valence-corrected chi connectivity index (χ1v) is 11.2. The molecule has 0 N–H and O–H groups in total. The van der Waals surface area contributed by atoms with Crippen molar-refractivity contribution in [2.75, 3.05) is 6.61 Å². The Morgan fingerprint density at radius 2 is 2.07 bits per heavy atom. The summed E-state index contributed by atoms with van der Waals surface area (Å²) in [5.41, 5.74) is 0. The van der Waals surface area contributed by atoms with Gasteiger partial charge in [0.05, 0.1) is 6.61 Å². The summed E-state index contributed by atoms with van der Waals surface area (Å²) < 4.78 is 10.9. The van der Waals surface area contributed by atoms with E-state index in [9.17, 15) is 4.79 Å². The zero-order valence-corrected chi connectivity index (χ0v) is 12.4. The van der Waals surface area contributed by atoms with Crippen LogP contribution in [0.3, 0.4) is 0 Å². The molecule has 0 aromatic rings. The number of ether oxygens (including phenoxy) is 1. The summed E-state index contributed by atoms with van der Waals surface area (Å²) in [6.07, 6.45) is 2.09. The monoisotopic (exact) mass is 246 g/mol. The van der Waals surface area contributed by atoms with Crippen molar-refractivity contribution in [3.8, 4) is 0 Å². The highest BCUT2D eigenvalue weighted by atomic mass is 28.4. The molecule has 3 nitrogen and oxygen atoms in total. The standard InChI is InChI=1S/C10H22O3Si2/c1-6-10(11)12-8-7-9-14(2)13-15(3,4)5/h6,14H,1,7-9H2,2-5H3. The van der Waals surface area contributed by atoms with Crippen LogP contribution in [0, 0.1) is 0 Å².